The third-order valence-corrected chi connectivity index (χ3v) is 5.66. The van der Waals surface area contributed by atoms with Crippen LogP contribution in [0.1, 0.15) is 36.9 Å². The van der Waals surface area contributed by atoms with Crippen LogP contribution in [0.25, 0.3) is 0 Å². The normalized spacial score (nSPS) is 12.3. The number of nitrogens with zero attached hydrogens (tertiary/aromatic N) is 1. The Bertz CT molecular complexity index is 895. The summed E-state index contributed by atoms with van der Waals surface area (Å²) in [5, 5.41) is 2.96. The van der Waals surface area contributed by atoms with Crippen LogP contribution in [-0.2, 0) is 14.8 Å². The first-order chi connectivity index (χ1) is 13.2. The Morgan fingerprint density at radius 1 is 1.18 bits per heavy atom. The van der Waals surface area contributed by atoms with E-state index >= 15 is 0 Å². The molecular weight excluding hydrogens is 376 g/mol. The first-order valence-electron chi connectivity index (χ1n) is 9.18. The summed E-state index contributed by atoms with van der Waals surface area (Å²) in [6.45, 7) is 4.17. The first-order valence-corrected chi connectivity index (χ1v) is 11.0. The van der Waals surface area contributed by atoms with Gasteiger partial charge in [0, 0.05) is 19.0 Å². The fourth-order valence-corrected chi connectivity index (χ4v) is 3.84. The van der Waals surface area contributed by atoms with Crippen LogP contribution in [0.4, 0.5) is 5.69 Å². The van der Waals surface area contributed by atoms with Crippen molar-refractivity contribution in [2.75, 3.05) is 24.2 Å². The molecule has 2 aromatic rings. The van der Waals surface area contributed by atoms with Gasteiger partial charge in [0.1, 0.15) is 5.75 Å². The van der Waals surface area contributed by atoms with Crippen LogP contribution in [-0.4, -0.2) is 34.2 Å². The smallest absolute Gasteiger partial charge is 0.232 e. The zero-order valence-electron chi connectivity index (χ0n) is 16.8. The fraction of sp³-hybridized carbons (Fsp3) is 0.381. The van der Waals surface area contributed by atoms with Crippen molar-refractivity contribution in [3.05, 3.63) is 59.7 Å². The molecular formula is C21H28N2O4S. The molecule has 0 spiro atoms. The quantitative estimate of drug-likeness (QED) is 0.695. The van der Waals surface area contributed by atoms with E-state index in [0.717, 1.165) is 11.8 Å². The van der Waals surface area contributed by atoms with E-state index in [1.807, 2.05) is 38.1 Å². The summed E-state index contributed by atoms with van der Waals surface area (Å²) in [6, 6.07) is 14.8. The number of anilines is 1. The molecule has 0 aliphatic carbocycles. The lowest BCUT2D eigenvalue weighted by molar-refractivity contribution is -0.121. The molecule has 1 amide bonds. The van der Waals surface area contributed by atoms with Gasteiger partial charge >= 0.3 is 0 Å². The standard InChI is InChI=1S/C21H28N2O4S/c1-16-10-12-18(13-11-16)17(2)22-21(24)9-6-14-23(28(4,25)26)19-7-5-8-20(15-19)27-3/h5,7-8,10-13,15,17H,6,9,14H2,1-4H3,(H,22,24). The highest BCUT2D eigenvalue weighted by Crippen LogP contribution is 2.23. The maximum Gasteiger partial charge on any atom is 0.232 e. The van der Waals surface area contributed by atoms with Crippen LogP contribution in [0.15, 0.2) is 48.5 Å². The van der Waals surface area contributed by atoms with Gasteiger partial charge in [0.15, 0.2) is 0 Å². The number of aryl methyl sites for hydroxylation is 1. The highest BCUT2D eigenvalue weighted by molar-refractivity contribution is 7.92. The number of hydrogen-bond acceptors (Lipinski definition) is 4. The van der Waals surface area contributed by atoms with Crippen molar-refractivity contribution >= 4 is 21.6 Å². The largest absolute Gasteiger partial charge is 0.497 e. The second-order valence-electron chi connectivity index (χ2n) is 6.84. The number of rotatable bonds is 9. The molecule has 1 atom stereocenters. The van der Waals surface area contributed by atoms with Gasteiger partial charge in [-0.25, -0.2) is 8.42 Å². The number of carbonyl (C=O) groups excluding carboxylic acids is 1. The minimum Gasteiger partial charge on any atom is -0.497 e. The van der Waals surface area contributed by atoms with Gasteiger partial charge in [0.25, 0.3) is 0 Å². The maximum atomic E-state index is 12.3. The third-order valence-electron chi connectivity index (χ3n) is 4.46. The van der Waals surface area contributed by atoms with Gasteiger partial charge < -0.3 is 10.1 Å². The summed E-state index contributed by atoms with van der Waals surface area (Å²) in [5.41, 5.74) is 2.73. The van der Waals surface area contributed by atoms with E-state index in [-0.39, 0.29) is 24.9 Å². The topological polar surface area (TPSA) is 75.7 Å². The number of ether oxygens (including phenoxy) is 1. The van der Waals surface area contributed by atoms with Crippen LogP contribution in [0, 0.1) is 6.92 Å². The Morgan fingerprint density at radius 3 is 2.46 bits per heavy atom. The number of methoxy groups -OCH3 is 1. The molecule has 0 heterocycles. The highest BCUT2D eigenvalue weighted by atomic mass is 32.2. The van der Waals surface area contributed by atoms with Crippen LogP contribution in [0.3, 0.4) is 0 Å². The average Bonchev–Trinajstić information content (AvgIpc) is 2.64. The number of hydrogen-bond donors (Lipinski definition) is 1. The molecule has 28 heavy (non-hydrogen) atoms. The van der Waals surface area contributed by atoms with Crippen LogP contribution in [0.2, 0.25) is 0 Å². The van der Waals surface area contributed by atoms with Crippen molar-refractivity contribution in [1.29, 1.82) is 0 Å². The monoisotopic (exact) mass is 404 g/mol. The Labute approximate surface area is 167 Å². The number of sulfonamides is 1. The van der Waals surface area contributed by atoms with Crippen LogP contribution < -0.4 is 14.4 Å². The van der Waals surface area contributed by atoms with Gasteiger partial charge in [-0.3, -0.25) is 9.10 Å². The molecule has 0 aromatic heterocycles. The molecule has 1 N–H and O–H groups in total. The van der Waals surface area contributed by atoms with E-state index in [1.165, 1.54) is 17.0 Å². The van der Waals surface area contributed by atoms with Gasteiger partial charge in [-0.2, -0.15) is 0 Å². The van der Waals surface area contributed by atoms with E-state index < -0.39 is 10.0 Å². The molecule has 152 valence electrons. The molecule has 7 heteroatoms. The average molecular weight is 405 g/mol. The molecule has 0 radical (unpaired) electrons. The molecule has 0 aliphatic heterocycles. The second-order valence-corrected chi connectivity index (χ2v) is 8.75. The predicted octanol–water partition coefficient (Wildman–Crippen LogP) is 3.43. The summed E-state index contributed by atoms with van der Waals surface area (Å²) < 4.78 is 30.8. The molecule has 0 saturated carbocycles. The van der Waals surface area contributed by atoms with Crippen molar-refractivity contribution in [2.24, 2.45) is 0 Å². The molecule has 2 rings (SSSR count). The van der Waals surface area contributed by atoms with Crippen molar-refractivity contribution in [2.45, 2.75) is 32.7 Å². The molecule has 0 fully saturated rings. The second kappa shape index (κ2) is 9.59. The SMILES string of the molecule is COc1cccc(N(CCCC(=O)NC(C)c2ccc(C)cc2)S(C)(=O)=O)c1. The molecule has 6 nitrogen and oxygen atoms in total. The molecule has 2 aromatic carbocycles. The van der Waals surface area contributed by atoms with Gasteiger partial charge in [-0.1, -0.05) is 35.9 Å². The van der Waals surface area contributed by atoms with Crippen LogP contribution >= 0.6 is 0 Å². The minimum atomic E-state index is -3.46. The van der Waals surface area contributed by atoms with Gasteiger partial charge in [-0.05, 0) is 38.0 Å². The number of nitrogens with one attached hydrogen (secondary N) is 1. The lowest BCUT2D eigenvalue weighted by atomic mass is 10.1. The fourth-order valence-electron chi connectivity index (χ4n) is 2.89. The first kappa shape index (κ1) is 21.8. The van der Waals surface area contributed by atoms with Gasteiger partial charge in [0.2, 0.25) is 15.9 Å². The summed E-state index contributed by atoms with van der Waals surface area (Å²) in [5.74, 6) is 0.475. The Balaban J connectivity index is 1.94. The Morgan fingerprint density at radius 2 is 1.86 bits per heavy atom. The van der Waals surface area contributed by atoms with E-state index in [2.05, 4.69) is 5.32 Å². The predicted molar refractivity (Wildman–Crippen MR) is 112 cm³/mol. The minimum absolute atomic E-state index is 0.0995. The van der Waals surface area contributed by atoms with Crippen molar-refractivity contribution in [3.8, 4) is 5.75 Å². The van der Waals surface area contributed by atoms with Gasteiger partial charge in [-0.15, -0.1) is 0 Å². The Kier molecular flexibility index (Phi) is 7.45. The zero-order valence-corrected chi connectivity index (χ0v) is 17.6. The zero-order chi connectivity index (χ0) is 20.7. The van der Waals surface area contributed by atoms with E-state index in [4.69, 9.17) is 4.74 Å². The van der Waals surface area contributed by atoms with E-state index in [9.17, 15) is 13.2 Å². The van der Waals surface area contributed by atoms with Crippen LogP contribution in [0.5, 0.6) is 5.75 Å². The summed E-state index contributed by atoms with van der Waals surface area (Å²) in [7, 11) is -1.93. The van der Waals surface area contributed by atoms with Crippen molar-refractivity contribution in [1.82, 2.24) is 5.32 Å². The molecule has 1 unspecified atom stereocenters. The maximum absolute atomic E-state index is 12.3. The molecule has 0 aliphatic rings. The summed E-state index contributed by atoms with van der Waals surface area (Å²) in [6.07, 6.45) is 1.81. The van der Waals surface area contributed by atoms with Gasteiger partial charge in [0.05, 0.1) is 25.1 Å². The lowest BCUT2D eigenvalue weighted by Crippen LogP contribution is -2.32. The molecule has 0 bridgehead atoms. The van der Waals surface area contributed by atoms with Crippen molar-refractivity contribution in [3.63, 3.8) is 0 Å². The number of amides is 1. The Hall–Kier alpha value is -2.54. The lowest BCUT2D eigenvalue weighted by Gasteiger charge is -2.23. The summed E-state index contributed by atoms with van der Waals surface area (Å²) >= 11 is 0. The van der Waals surface area contributed by atoms with E-state index in [1.54, 1.807) is 24.3 Å². The highest BCUT2D eigenvalue weighted by Gasteiger charge is 2.18. The molecule has 0 saturated heterocycles. The third kappa shape index (κ3) is 6.27. The summed E-state index contributed by atoms with van der Waals surface area (Å²) in [4.78, 5) is 12.3. The van der Waals surface area contributed by atoms with Crippen molar-refractivity contribution < 1.29 is 17.9 Å². The number of carbonyl (C=O) groups is 1. The van der Waals surface area contributed by atoms with E-state index in [0.29, 0.717) is 17.9 Å². The number of benzene rings is 2.